The molecule has 0 bridgehead atoms. The third kappa shape index (κ3) is 5.08. The summed E-state index contributed by atoms with van der Waals surface area (Å²) in [5.74, 6) is -0.630. The molecule has 0 aliphatic heterocycles. The predicted molar refractivity (Wildman–Crippen MR) is 98.9 cm³/mol. The van der Waals surface area contributed by atoms with Gasteiger partial charge in [0, 0.05) is 23.1 Å². The highest BCUT2D eigenvalue weighted by Crippen LogP contribution is 2.25. The molecule has 2 aromatic carbocycles. The zero-order chi connectivity index (χ0) is 18.4. The van der Waals surface area contributed by atoms with E-state index in [4.69, 9.17) is 28.5 Å². The summed E-state index contributed by atoms with van der Waals surface area (Å²) in [7, 11) is 0. The normalized spacial score (nSPS) is 10.7. The molecule has 0 aliphatic carbocycles. The van der Waals surface area contributed by atoms with Gasteiger partial charge in [0.05, 0.1) is 10.0 Å². The van der Waals surface area contributed by atoms with Crippen LogP contribution in [0.5, 0.6) is 0 Å². The van der Waals surface area contributed by atoms with E-state index in [0.717, 1.165) is 0 Å². The molecule has 1 amide bonds. The smallest absolute Gasteiger partial charge is 0.267 e. The second kappa shape index (κ2) is 8.34. The van der Waals surface area contributed by atoms with Crippen molar-refractivity contribution in [3.8, 4) is 6.07 Å². The minimum Gasteiger partial charge on any atom is -0.360 e. The molecule has 5 nitrogen and oxygen atoms in total. The lowest BCUT2D eigenvalue weighted by Gasteiger charge is -2.06. The average Bonchev–Trinajstić information content (AvgIpc) is 2.59. The first-order valence-electron chi connectivity index (χ1n) is 7.15. The third-order valence-electron chi connectivity index (χ3n) is 3.22. The molecule has 25 heavy (non-hydrogen) atoms. The lowest BCUT2D eigenvalue weighted by molar-refractivity contribution is -0.112. The molecule has 126 valence electrons. The van der Waals surface area contributed by atoms with Crippen LogP contribution >= 0.6 is 23.2 Å². The van der Waals surface area contributed by atoms with Gasteiger partial charge in [-0.2, -0.15) is 5.26 Å². The van der Waals surface area contributed by atoms with Crippen molar-refractivity contribution in [1.82, 2.24) is 0 Å². The Kier molecular flexibility index (Phi) is 6.18. The van der Waals surface area contributed by atoms with Crippen LogP contribution in [0.4, 0.5) is 11.4 Å². The largest absolute Gasteiger partial charge is 0.360 e. The summed E-state index contributed by atoms with van der Waals surface area (Å²) in [6.07, 6.45) is 1.29. The number of Topliss-reactive ketones (excluding diaryl/α,β-unsaturated/α-hetero) is 1. The van der Waals surface area contributed by atoms with E-state index >= 15 is 0 Å². The van der Waals surface area contributed by atoms with E-state index in [1.54, 1.807) is 36.4 Å². The highest BCUT2D eigenvalue weighted by atomic mass is 35.5. The molecule has 0 saturated heterocycles. The van der Waals surface area contributed by atoms with Gasteiger partial charge in [-0.25, -0.2) is 0 Å². The van der Waals surface area contributed by atoms with Gasteiger partial charge in [0.25, 0.3) is 5.91 Å². The Morgan fingerprint density at radius 1 is 1.04 bits per heavy atom. The van der Waals surface area contributed by atoms with Crippen molar-refractivity contribution in [2.45, 2.75) is 6.92 Å². The lowest BCUT2D eigenvalue weighted by atomic mass is 10.1. The Morgan fingerprint density at radius 3 is 2.24 bits per heavy atom. The van der Waals surface area contributed by atoms with Crippen molar-refractivity contribution in [3.63, 3.8) is 0 Å². The van der Waals surface area contributed by atoms with Gasteiger partial charge in [0.2, 0.25) is 0 Å². The first-order chi connectivity index (χ1) is 11.9. The standard InChI is InChI=1S/C18H13Cl2N3O2/c1-11(24)12-2-4-14(5-3-12)22-10-13(9-21)18(25)23-15-6-7-16(19)17(20)8-15/h2-8,10,22H,1H3,(H,23,25)/b13-10-. The monoisotopic (exact) mass is 373 g/mol. The van der Waals surface area contributed by atoms with Crippen molar-refractivity contribution in [2.24, 2.45) is 0 Å². The summed E-state index contributed by atoms with van der Waals surface area (Å²) in [6, 6.07) is 13.1. The number of carbonyl (C=O) groups excluding carboxylic acids is 2. The summed E-state index contributed by atoms with van der Waals surface area (Å²) in [5.41, 5.74) is 1.51. The van der Waals surface area contributed by atoms with E-state index in [0.29, 0.717) is 27.0 Å². The van der Waals surface area contributed by atoms with Crippen molar-refractivity contribution < 1.29 is 9.59 Å². The Hall–Kier alpha value is -2.81. The fraction of sp³-hybridized carbons (Fsp3) is 0.0556. The Labute approximate surface area is 154 Å². The van der Waals surface area contributed by atoms with Gasteiger partial charge >= 0.3 is 0 Å². The van der Waals surface area contributed by atoms with Gasteiger partial charge in [0.1, 0.15) is 11.6 Å². The van der Waals surface area contributed by atoms with E-state index in [1.165, 1.54) is 19.2 Å². The molecule has 0 atom stereocenters. The van der Waals surface area contributed by atoms with Crippen LogP contribution in [0.2, 0.25) is 10.0 Å². The highest BCUT2D eigenvalue weighted by molar-refractivity contribution is 6.42. The number of rotatable bonds is 5. The van der Waals surface area contributed by atoms with Crippen LogP contribution in [0, 0.1) is 11.3 Å². The zero-order valence-electron chi connectivity index (χ0n) is 13.1. The van der Waals surface area contributed by atoms with Crippen LogP contribution in [0.3, 0.4) is 0 Å². The van der Waals surface area contributed by atoms with Crippen molar-refractivity contribution in [2.75, 3.05) is 10.6 Å². The first-order valence-corrected chi connectivity index (χ1v) is 7.90. The van der Waals surface area contributed by atoms with Gasteiger partial charge < -0.3 is 10.6 Å². The van der Waals surface area contributed by atoms with Crippen molar-refractivity contribution in [1.29, 1.82) is 5.26 Å². The molecule has 0 aromatic heterocycles. The molecule has 0 aliphatic rings. The van der Waals surface area contributed by atoms with Crippen LogP contribution < -0.4 is 10.6 Å². The Morgan fingerprint density at radius 2 is 1.68 bits per heavy atom. The van der Waals surface area contributed by atoms with Crippen molar-refractivity contribution in [3.05, 3.63) is 69.8 Å². The third-order valence-corrected chi connectivity index (χ3v) is 3.96. The molecule has 0 radical (unpaired) electrons. The van der Waals surface area contributed by atoms with E-state index in [2.05, 4.69) is 10.6 Å². The maximum atomic E-state index is 12.1. The maximum absolute atomic E-state index is 12.1. The van der Waals surface area contributed by atoms with Gasteiger partial charge in [-0.05, 0) is 49.4 Å². The summed E-state index contributed by atoms with van der Waals surface area (Å²) in [6.45, 7) is 1.48. The first kappa shape index (κ1) is 18.5. The highest BCUT2D eigenvalue weighted by Gasteiger charge is 2.10. The molecule has 2 N–H and O–H groups in total. The van der Waals surface area contributed by atoms with Crippen LogP contribution in [0.25, 0.3) is 0 Å². The van der Waals surface area contributed by atoms with Crippen LogP contribution in [0.15, 0.2) is 54.2 Å². The van der Waals surface area contributed by atoms with Crippen molar-refractivity contribution >= 4 is 46.3 Å². The molecule has 2 aromatic rings. The second-order valence-corrected chi connectivity index (χ2v) is 5.85. The number of amides is 1. The number of benzene rings is 2. The second-order valence-electron chi connectivity index (χ2n) is 5.03. The van der Waals surface area contributed by atoms with E-state index in [9.17, 15) is 9.59 Å². The van der Waals surface area contributed by atoms with Gasteiger partial charge in [-0.1, -0.05) is 23.2 Å². The Bertz CT molecular complexity index is 884. The summed E-state index contributed by atoms with van der Waals surface area (Å²) in [5, 5.41) is 15.2. The Balaban J connectivity index is 2.08. The average molecular weight is 374 g/mol. The summed E-state index contributed by atoms with van der Waals surface area (Å²) in [4.78, 5) is 23.4. The number of nitrogens with zero attached hydrogens (tertiary/aromatic N) is 1. The summed E-state index contributed by atoms with van der Waals surface area (Å²) >= 11 is 11.7. The van der Waals surface area contributed by atoms with Crippen LogP contribution in [-0.4, -0.2) is 11.7 Å². The molecule has 7 heteroatoms. The fourth-order valence-electron chi connectivity index (χ4n) is 1.88. The number of nitrogens with one attached hydrogen (secondary N) is 2. The minimum atomic E-state index is -0.589. The fourth-order valence-corrected chi connectivity index (χ4v) is 2.18. The molecule has 2 rings (SSSR count). The molecule has 0 unspecified atom stereocenters. The molecule has 0 spiro atoms. The lowest BCUT2D eigenvalue weighted by Crippen LogP contribution is -2.14. The number of ketones is 1. The van der Waals surface area contributed by atoms with E-state index in [-0.39, 0.29) is 11.4 Å². The number of hydrogen-bond donors (Lipinski definition) is 2. The van der Waals surface area contributed by atoms with Crippen LogP contribution in [-0.2, 0) is 4.79 Å². The van der Waals surface area contributed by atoms with E-state index in [1.807, 2.05) is 6.07 Å². The zero-order valence-corrected chi connectivity index (χ0v) is 14.7. The minimum absolute atomic E-state index is 0.0409. The van der Waals surface area contributed by atoms with Gasteiger partial charge in [-0.3, -0.25) is 9.59 Å². The number of anilines is 2. The predicted octanol–water partition coefficient (Wildman–Crippen LogP) is 4.65. The SMILES string of the molecule is CC(=O)c1ccc(N/C=C(/C#N)C(=O)Nc2ccc(Cl)c(Cl)c2)cc1. The molecule has 0 saturated carbocycles. The molecular formula is C18H13Cl2N3O2. The molecule has 0 fully saturated rings. The number of carbonyl (C=O) groups is 2. The number of nitriles is 1. The number of halogens is 2. The number of hydrogen-bond acceptors (Lipinski definition) is 4. The van der Waals surface area contributed by atoms with E-state index < -0.39 is 5.91 Å². The molecule has 0 heterocycles. The van der Waals surface area contributed by atoms with Crippen LogP contribution in [0.1, 0.15) is 17.3 Å². The van der Waals surface area contributed by atoms with Gasteiger partial charge in [0.15, 0.2) is 5.78 Å². The van der Waals surface area contributed by atoms with Gasteiger partial charge in [-0.15, -0.1) is 0 Å². The molecular weight excluding hydrogens is 361 g/mol. The topological polar surface area (TPSA) is 82.0 Å². The quantitative estimate of drug-likeness (QED) is 0.453. The summed E-state index contributed by atoms with van der Waals surface area (Å²) < 4.78 is 0. The maximum Gasteiger partial charge on any atom is 0.267 e.